The summed E-state index contributed by atoms with van der Waals surface area (Å²) in [5.41, 5.74) is 5.18. The third-order valence-electron chi connectivity index (χ3n) is 4.37. The summed E-state index contributed by atoms with van der Waals surface area (Å²) in [6.07, 6.45) is 5.74. The summed E-state index contributed by atoms with van der Waals surface area (Å²) in [6, 6.07) is 12.1. The van der Waals surface area contributed by atoms with Gasteiger partial charge in [-0.1, -0.05) is 6.07 Å². The van der Waals surface area contributed by atoms with E-state index in [1.807, 2.05) is 41.4 Å². The van der Waals surface area contributed by atoms with E-state index in [1.54, 1.807) is 0 Å². The molecule has 0 aliphatic carbocycles. The van der Waals surface area contributed by atoms with Crippen LogP contribution in [0.2, 0.25) is 0 Å². The van der Waals surface area contributed by atoms with E-state index in [2.05, 4.69) is 33.9 Å². The van der Waals surface area contributed by atoms with E-state index in [0.717, 1.165) is 35.7 Å². The number of imidazole rings is 1. The van der Waals surface area contributed by atoms with Gasteiger partial charge < -0.3 is 14.6 Å². The van der Waals surface area contributed by atoms with Crippen LogP contribution in [0.4, 0.5) is 11.4 Å². The quantitative estimate of drug-likeness (QED) is 0.802. The molecule has 5 nitrogen and oxygen atoms in total. The fraction of sp³-hybridized carbons (Fsp3) is 0.263. The fourth-order valence-corrected chi connectivity index (χ4v) is 3.11. The van der Waals surface area contributed by atoms with E-state index in [9.17, 15) is 4.79 Å². The maximum Gasteiger partial charge on any atom is 0.227 e. The van der Waals surface area contributed by atoms with Crippen molar-refractivity contribution in [2.75, 3.05) is 16.8 Å². The molecule has 2 aromatic heterocycles. The first-order valence-corrected chi connectivity index (χ1v) is 8.27. The molecule has 122 valence electrons. The molecular formula is C19H20N4O. The molecule has 1 fully saturated rings. The van der Waals surface area contributed by atoms with Gasteiger partial charge in [-0.05, 0) is 49.2 Å². The molecule has 0 bridgehead atoms. The van der Waals surface area contributed by atoms with Crippen molar-refractivity contribution in [1.82, 2.24) is 9.38 Å². The molecule has 1 aliphatic rings. The average Bonchev–Trinajstić information content (AvgIpc) is 3.19. The van der Waals surface area contributed by atoms with Crippen molar-refractivity contribution in [2.45, 2.75) is 26.3 Å². The smallest absolute Gasteiger partial charge is 0.227 e. The first kappa shape index (κ1) is 14.8. The van der Waals surface area contributed by atoms with Gasteiger partial charge in [0.25, 0.3) is 0 Å². The van der Waals surface area contributed by atoms with Crippen molar-refractivity contribution in [2.24, 2.45) is 0 Å². The van der Waals surface area contributed by atoms with Gasteiger partial charge in [-0.3, -0.25) is 4.79 Å². The maximum absolute atomic E-state index is 11.8. The van der Waals surface area contributed by atoms with E-state index >= 15 is 0 Å². The predicted octanol–water partition coefficient (Wildman–Crippen LogP) is 3.38. The monoisotopic (exact) mass is 320 g/mol. The maximum atomic E-state index is 11.8. The Morgan fingerprint density at radius 2 is 1.96 bits per heavy atom. The van der Waals surface area contributed by atoms with E-state index < -0.39 is 0 Å². The van der Waals surface area contributed by atoms with E-state index in [-0.39, 0.29) is 5.91 Å². The van der Waals surface area contributed by atoms with Crippen LogP contribution in [0.5, 0.6) is 0 Å². The van der Waals surface area contributed by atoms with Crippen LogP contribution >= 0.6 is 0 Å². The molecule has 0 spiro atoms. The Morgan fingerprint density at radius 1 is 1.12 bits per heavy atom. The lowest BCUT2D eigenvalue weighted by Crippen LogP contribution is -2.23. The number of pyridine rings is 1. The van der Waals surface area contributed by atoms with Gasteiger partial charge in [0, 0.05) is 36.7 Å². The summed E-state index contributed by atoms with van der Waals surface area (Å²) in [5, 5.41) is 3.39. The Balaban J connectivity index is 1.44. The summed E-state index contributed by atoms with van der Waals surface area (Å²) < 4.78 is 2.05. The fourth-order valence-electron chi connectivity index (χ4n) is 3.11. The topological polar surface area (TPSA) is 49.6 Å². The highest BCUT2D eigenvalue weighted by atomic mass is 16.2. The van der Waals surface area contributed by atoms with Crippen molar-refractivity contribution in [3.8, 4) is 0 Å². The predicted molar refractivity (Wildman–Crippen MR) is 95.3 cm³/mol. The minimum absolute atomic E-state index is 0.218. The standard InChI is InChI=1S/C19H20N4O/c1-14-4-9-18-21-16(13-22(18)12-14)11-20-15-5-7-17(8-6-15)23-10-2-3-19(23)24/h4-9,12-13,20H,2-3,10-11H2,1H3. The number of hydrogen-bond acceptors (Lipinski definition) is 3. The Hall–Kier alpha value is -2.82. The second-order valence-electron chi connectivity index (χ2n) is 6.25. The third-order valence-corrected chi connectivity index (χ3v) is 4.37. The Labute approximate surface area is 140 Å². The summed E-state index contributed by atoms with van der Waals surface area (Å²) in [6.45, 7) is 3.57. The first-order valence-electron chi connectivity index (χ1n) is 8.27. The van der Waals surface area contributed by atoms with E-state index in [1.165, 1.54) is 5.56 Å². The number of anilines is 2. The summed E-state index contributed by atoms with van der Waals surface area (Å²) >= 11 is 0. The third kappa shape index (κ3) is 2.85. The molecule has 0 unspecified atom stereocenters. The van der Waals surface area contributed by atoms with Gasteiger partial charge in [-0.25, -0.2) is 4.98 Å². The lowest BCUT2D eigenvalue weighted by atomic mass is 10.2. The molecule has 1 aromatic carbocycles. The van der Waals surface area contributed by atoms with Gasteiger partial charge in [-0.2, -0.15) is 0 Å². The molecule has 3 aromatic rings. The number of amides is 1. The zero-order chi connectivity index (χ0) is 16.5. The number of nitrogens with one attached hydrogen (secondary N) is 1. The highest BCUT2D eigenvalue weighted by Crippen LogP contribution is 2.23. The van der Waals surface area contributed by atoms with Gasteiger partial charge in [-0.15, -0.1) is 0 Å². The van der Waals surface area contributed by atoms with Crippen LogP contribution in [0.1, 0.15) is 24.1 Å². The number of fused-ring (bicyclic) bond motifs is 1. The van der Waals surface area contributed by atoms with Gasteiger partial charge in [0.2, 0.25) is 5.91 Å². The average molecular weight is 320 g/mol. The highest BCUT2D eigenvalue weighted by Gasteiger charge is 2.21. The highest BCUT2D eigenvalue weighted by molar-refractivity contribution is 5.95. The van der Waals surface area contributed by atoms with Gasteiger partial charge in [0.15, 0.2) is 0 Å². The number of carbonyl (C=O) groups is 1. The number of hydrogen-bond donors (Lipinski definition) is 1. The van der Waals surface area contributed by atoms with Crippen molar-refractivity contribution in [3.05, 3.63) is 60.0 Å². The lowest BCUT2D eigenvalue weighted by molar-refractivity contribution is -0.117. The van der Waals surface area contributed by atoms with Gasteiger partial charge >= 0.3 is 0 Å². The second kappa shape index (κ2) is 6.00. The Bertz CT molecular complexity index is 882. The molecule has 1 N–H and O–H groups in total. The van der Waals surface area contributed by atoms with Gasteiger partial charge in [0.05, 0.1) is 12.2 Å². The van der Waals surface area contributed by atoms with Crippen molar-refractivity contribution in [1.29, 1.82) is 0 Å². The molecule has 24 heavy (non-hydrogen) atoms. The molecule has 3 heterocycles. The SMILES string of the molecule is Cc1ccc2nc(CNc3ccc(N4CCCC4=O)cc3)cn2c1. The van der Waals surface area contributed by atoms with E-state index in [0.29, 0.717) is 13.0 Å². The van der Waals surface area contributed by atoms with Crippen LogP contribution in [0, 0.1) is 6.92 Å². The molecule has 1 aliphatic heterocycles. The molecular weight excluding hydrogens is 300 g/mol. The van der Waals surface area contributed by atoms with Crippen molar-refractivity contribution in [3.63, 3.8) is 0 Å². The summed E-state index contributed by atoms with van der Waals surface area (Å²) in [7, 11) is 0. The molecule has 1 amide bonds. The van der Waals surface area contributed by atoms with E-state index in [4.69, 9.17) is 0 Å². The number of carbonyl (C=O) groups excluding carboxylic acids is 1. The number of benzene rings is 1. The second-order valence-corrected chi connectivity index (χ2v) is 6.25. The van der Waals surface area contributed by atoms with Crippen LogP contribution in [0.25, 0.3) is 5.65 Å². The molecule has 5 heteroatoms. The van der Waals surface area contributed by atoms with Crippen LogP contribution in [-0.2, 0) is 11.3 Å². The van der Waals surface area contributed by atoms with Crippen molar-refractivity contribution >= 4 is 22.9 Å². The molecule has 4 rings (SSSR count). The van der Waals surface area contributed by atoms with Crippen LogP contribution < -0.4 is 10.2 Å². The Kier molecular flexibility index (Phi) is 3.69. The van der Waals surface area contributed by atoms with Crippen LogP contribution in [-0.4, -0.2) is 21.8 Å². The van der Waals surface area contributed by atoms with Crippen LogP contribution in [0.3, 0.4) is 0 Å². The molecule has 0 saturated carbocycles. The zero-order valence-electron chi connectivity index (χ0n) is 13.7. The largest absolute Gasteiger partial charge is 0.379 e. The van der Waals surface area contributed by atoms with Crippen LogP contribution in [0.15, 0.2) is 48.8 Å². The summed E-state index contributed by atoms with van der Waals surface area (Å²) in [5.74, 6) is 0.218. The molecule has 0 atom stereocenters. The first-order chi connectivity index (χ1) is 11.7. The minimum Gasteiger partial charge on any atom is -0.379 e. The summed E-state index contributed by atoms with van der Waals surface area (Å²) in [4.78, 5) is 18.2. The zero-order valence-corrected chi connectivity index (χ0v) is 13.7. The molecule has 0 radical (unpaired) electrons. The minimum atomic E-state index is 0.218. The number of aromatic nitrogens is 2. The number of nitrogens with zero attached hydrogens (tertiary/aromatic N) is 3. The van der Waals surface area contributed by atoms with Crippen molar-refractivity contribution < 1.29 is 4.79 Å². The number of rotatable bonds is 4. The number of aryl methyl sites for hydroxylation is 1. The lowest BCUT2D eigenvalue weighted by Gasteiger charge is -2.16. The van der Waals surface area contributed by atoms with Gasteiger partial charge in [0.1, 0.15) is 5.65 Å². The normalized spacial score (nSPS) is 14.5. The molecule has 1 saturated heterocycles. The Morgan fingerprint density at radius 3 is 2.71 bits per heavy atom.